The average Bonchev–Trinajstić information content (AvgIpc) is 3.48. The molecule has 0 radical (unpaired) electrons. The first-order chi connectivity index (χ1) is 14.6. The van der Waals surface area contributed by atoms with E-state index in [0.29, 0.717) is 28.6 Å². The molecular formula is C21H21N5O4. The Balaban J connectivity index is 1.61. The predicted molar refractivity (Wildman–Crippen MR) is 110 cm³/mol. The number of aromatic nitrogens is 2. The van der Waals surface area contributed by atoms with Gasteiger partial charge in [-0.3, -0.25) is 4.79 Å². The molecule has 1 unspecified atom stereocenters. The van der Waals surface area contributed by atoms with E-state index in [9.17, 15) is 4.79 Å². The number of carbonyl (C=O) groups excluding carboxylic acids is 1. The second kappa shape index (κ2) is 8.16. The molecular weight excluding hydrogens is 386 g/mol. The topological polar surface area (TPSA) is 103 Å². The maximum Gasteiger partial charge on any atom is 0.269 e. The van der Waals surface area contributed by atoms with Gasteiger partial charge in [0.2, 0.25) is 5.91 Å². The van der Waals surface area contributed by atoms with E-state index >= 15 is 0 Å². The summed E-state index contributed by atoms with van der Waals surface area (Å²) in [7, 11) is 3.13. The van der Waals surface area contributed by atoms with Gasteiger partial charge in [0.25, 0.3) is 5.79 Å². The minimum absolute atomic E-state index is 0.0564. The summed E-state index contributed by atoms with van der Waals surface area (Å²) in [5, 5.41) is 10.4. The van der Waals surface area contributed by atoms with Gasteiger partial charge in [0.15, 0.2) is 5.76 Å². The van der Waals surface area contributed by atoms with Crippen LogP contribution >= 0.6 is 0 Å². The maximum absolute atomic E-state index is 13.0. The van der Waals surface area contributed by atoms with Gasteiger partial charge in [-0.05, 0) is 42.5 Å². The quantitative estimate of drug-likeness (QED) is 0.622. The van der Waals surface area contributed by atoms with Gasteiger partial charge in [0.05, 0.1) is 26.9 Å². The molecule has 1 aliphatic rings. The van der Waals surface area contributed by atoms with Crippen LogP contribution in [0.2, 0.25) is 0 Å². The van der Waals surface area contributed by atoms with Crippen molar-refractivity contribution in [2.24, 2.45) is 4.99 Å². The summed E-state index contributed by atoms with van der Waals surface area (Å²) >= 11 is 0. The SMILES string of the molecule is COc1ccc(OC)c(CC(=O)NC2(c3ccco3)N=CC=C(n3cccn3)N2)c1. The van der Waals surface area contributed by atoms with Gasteiger partial charge in [-0.2, -0.15) is 5.10 Å². The van der Waals surface area contributed by atoms with Crippen LogP contribution in [-0.2, 0) is 17.0 Å². The summed E-state index contributed by atoms with van der Waals surface area (Å²) in [6.45, 7) is 0. The normalized spacial score (nSPS) is 17.7. The first kappa shape index (κ1) is 19.3. The smallest absolute Gasteiger partial charge is 0.269 e. The molecule has 0 saturated heterocycles. The molecule has 0 aliphatic carbocycles. The molecule has 1 aliphatic heterocycles. The monoisotopic (exact) mass is 407 g/mol. The molecule has 0 spiro atoms. The number of methoxy groups -OCH3 is 2. The summed E-state index contributed by atoms with van der Waals surface area (Å²) < 4.78 is 17.9. The van der Waals surface area contributed by atoms with E-state index in [1.165, 1.54) is 6.26 Å². The van der Waals surface area contributed by atoms with Crippen molar-refractivity contribution in [2.45, 2.75) is 12.2 Å². The van der Waals surface area contributed by atoms with Gasteiger partial charge in [-0.1, -0.05) is 0 Å². The molecule has 9 heteroatoms. The molecule has 30 heavy (non-hydrogen) atoms. The van der Waals surface area contributed by atoms with E-state index in [1.54, 1.807) is 80.0 Å². The highest BCUT2D eigenvalue weighted by Crippen LogP contribution is 2.27. The van der Waals surface area contributed by atoms with Crippen molar-refractivity contribution < 1.29 is 18.7 Å². The fourth-order valence-electron chi connectivity index (χ4n) is 3.20. The van der Waals surface area contributed by atoms with Gasteiger partial charge >= 0.3 is 0 Å². The Kier molecular flexibility index (Phi) is 5.25. The van der Waals surface area contributed by atoms with Crippen molar-refractivity contribution in [3.8, 4) is 11.5 Å². The summed E-state index contributed by atoms with van der Waals surface area (Å²) in [6, 6.07) is 10.6. The zero-order valence-corrected chi connectivity index (χ0v) is 16.5. The third-order valence-corrected chi connectivity index (χ3v) is 4.60. The Bertz CT molecular complexity index is 1070. The third kappa shape index (κ3) is 3.77. The van der Waals surface area contributed by atoms with Crippen LogP contribution in [0.15, 0.2) is 70.5 Å². The lowest BCUT2D eigenvalue weighted by molar-refractivity contribution is -0.123. The number of amides is 1. The van der Waals surface area contributed by atoms with Gasteiger partial charge in [0, 0.05) is 24.2 Å². The third-order valence-electron chi connectivity index (χ3n) is 4.60. The number of furan rings is 1. The highest BCUT2D eigenvalue weighted by atomic mass is 16.5. The summed E-state index contributed by atoms with van der Waals surface area (Å²) in [6.07, 6.45) is 8.39. The molecule has 2 N–H and O–H groups in total. The van der Waals surface area contributed by atoms with Crippen LogP contribution in [0.3, 0.4) is 0 Å². The predicted octanol–water partition coefficient (Wildman–Crippen LogP) is 2.14. The number of ether oxygens (including phenoxy) is 2. The molecule has 1 amide bonds. The minimum Gasteiger partial charge on any atom is -0.497 e. The number of aliphatic imine (C=N–C) groups is 1. The van der Waals surface area contributed by atoms with Crippen molar-refractivity contribution in [1.29, 1.82) is 0 Å². The van der Waals surface area contributed by atoms with Crippen LogP contribution in [0.5, 0.6) is 11.5 Å². The van der Waals surface area contributed by atoms with E-state index in [1.807, 2.05) is 0 Å². The van der Waals surface area contributed by atoms with Crippen LogP contribution in [0, 0.1) is 0 Å². The van der Waals surface area contributed by atoms with Crippen molar-refractivity contribution in [2.75, 3.05) is 14.2 Å². The molecule has 3 aromatic rings. The Labute approximate surface area is 173 Å². The zero-order valence-electron chi connectivity index (χ0n) is 16.5. The Hall–Kier alpha value is -4.01. The summed E-state index contributed by atoms with van der Waals surface area (Å²) in [5.74, 6) is 0.688. The second-order valence-electron chi connectivity index (χ2n) is 6.50. The van der Waals surface area contributed by atoms with E-state index in [2.05, 4.69) is 20.7 Å². The first-order valence-electron chi connectivity index (χ1n) is 9.23. The fraction of sp³-hybridized carbons (Fsp3) is 0.190. The summed E-state index contributed by atoms with van der Waals surface area (Å²) in [5.41, 5.74) is 0.687. The molecule has 4 rings (SSSR count). The van der Waals surface area contributed by atoms with E-state index in [0.717, 1.165) is 0 Å². The molecule has 1 aromatic carbocycles. The van der Waals surface area contributed by atoms with Crippen LogP contribution in [0.25, 0.3) is 5.82 Å². The standard InChI is InChI=1S/C21H21N5O4/c1-28-16-6-7-17(29-2)15(13-16)14-20(27)25-21(18-5-3-12-30-18)22-10-8-19(24-21)26-11-4-9-23-26/h3-13,24H,14H2,1-2H3,(H,25,27). The molecule has 2 aromatic heterocycles. The lowest BCUT2D eigenvalue weighted by Gasteiger charge is -2.33. The number of hydrogen-bond acceptors (Lipinski definition) is 7. The highest BCUT2D eigenvalue weighted by molar-refractivity contribution is 5.84. The maximum atomic E-state index is 13.0. The van der Waals surface area contributed by atoms with Crippen molar-refractivity contribution in [1.82, 2.24) is 20.4 Å². The molecule has 9 nitrogen and oxygen atoms in total. The van der Waals surface area contributed by atoms with Gasteiger partial charge in [-0.15, -0.1) is 0 Å². The Morgan fingerprint density at radius 2 is 2.17 bits per heavy atom. The van der Waals surface area contributed by atoms with Gasteiger partial charge in [0.1, 0.15) is 17.3 Å². The molecule has 154 valence electrons. The number of benzene rings is 1. The Morgan fingerprint density at radius 1 is 1.27 bits per heavy atom. The molecule has 0 fully saturated rings. The number of nitrogens with zero attached hydrogens (tertiary/aromatic N) is 3. The van der Waals surface area contributed by atoms with Gasteiger partial charge < -0.3 is 24.5 Å². The average molecular weight is 407 g/mol. The van der Waals surface area contributed by atoms with Crippen molar-refractivity contribution >= 4 is 17.9 Å². The number of hydrogen-bond donors (Lipinski definition) is 2. The van der Waals surface area contributed by atoms with Crippen LogP contribution in [0.1, 0.15) is 11.3 Å². The van der Waals surface area contributed by atoms with Crippen molar-refractivity contribution in [3.63, 3.8) is 0 Å². The molecule has 0 saturated carbocycles. The second-order valence-corrected chi connectivity index (χ2v) is 6.50. The number of nitrogens with one attached hydrogen (secondary N) is 2. The lowest BCUT2D eigenvalue weighted by Crippen LogP contribution is -2.56. The van der Waals surface area contributed by atoms with Crippen molar-refractivity contribution in [3.05, 3.63) is 72.5 Å². The summed E-state index contributed by atoms with van der Waals surface area (Å²) in [4.78, 5) is 17.5. The van der Waals surface area contributed by atoms with E-state index in [-0.39, 0.29) is 12.3 Å². The Morgan fingerprint density at radius 3 is 2.87 bits per heavy atom. The van der Waals surface area contributed by atoms with E-state index < -0.39 is 5.79 Å². The van der Waals surface area contributed by atoms with Crippen LogP contribution in [0.4, 0.5) is 0 Å². The number of rotatable bonds is 7. The minimum atomic E-state index is -1.32. The molecule has 1 atom stereocenters. The first-order valence-corrected chi connectivity index (χ1v) is 9.23. The largest absolute Gasteiger partial charge is 0.497 e. The molecule has 0 bridgehead atoms. The zero-order chi connectivity index (χ0) is 21.0. The fourth-order valence-corrected chi connectivity index (χ4v) is 3.20. The van der Waals surface area contributed by atoms with Gasteiger partial charge in [-0.25, -0.2) is 9.67 Å². The number of carbonyl (C=O) groups is 1. The molecule has 3 heterocycles. The van der Waals surface area contributed by atoms with E-state index in [4.69, 9.17) is 13.9 Å². The lowest BCUT2D eigenvalue weighted by atomic mass is 10.1. The number of allylic oxidation sites excluding steroid dienone is 1. The van der Waals surface area contributed by atoms with Crippen LogP contribution < -0.4 is 20.1 Å². The highest BCUT2D eigenvalue weighted by Gasteiger charge is 2.38. The van der Waals surface area contributed by atoms with Crippen LogP contribution in [-0.4, -0.2) is 36.1 Å².